The number of ether oxygens (including phenoxy) is 1. The van der Waals surface area contributed by atoms with Crippen molar-refractivity contribution in [3.05, 3.63) is 72.6 Å². The maximum Gasteiger partial charge on any atom is 0.248 e. The number of methoxy groups -OCH3 is 1. The van der Waals surface area contributed by atoms with Gasteiger partial charge < -0.3 is 20.7 Å². The highest BCUT2D eigenvalue weighted by Gasteiger charge is 2.43. The Balaban J connectivity index is 1.28. The predicted octanol–water partition coefficient (Wildman–Crippen LogP) is 3.76. The average molecular weight is 556 g/mol. The lowest BCUT2D eigenvalue weighted by Crippen LogP contribution is -2.46. The quantitative estimate of drug-likeness (QED) is 0.362. The monoisotopic (exact) mass is 555 g/mol. The van der Waals surface area contributed by atoms with Crippen molar-refractivity contribution in [3.63, 3.8) is 0 Å². The summed E-state index contributed by atoms with van der Waals surface area (Å²) in [4.78, 5) is 32.1. The van der Waals surface area contributed by atoms with E-state index in [9.17, 15) is 4.79 Å². The summed E-state index contributed by atoms with van der Waals surface area (Å²) in [5, 5.41) is 5.25. The molecule has 1 aromatic heterocycles. The molecule has 3 aliphatic rings. The lowest BCUT2D eigenvalue weighted by atomic mass is 10.0. The van der Waals surface area contributed by atoms with Gasteiger partial charge in [0.2, 0.25) is 5.91 Å². The molecular formula is C31H37N7O3. The van der Waals surface area contributed by atoms with E-state index in [4.69, 9.17) is 15.3 Å². The van der Waals surface area contributed by atoms with Gasteiger partial charge in [0.05, 0.1) is 25.4 Å². The number of rotatable bonds is 10. The van der Waals surface area contributed by atoms with E-state index in [1.165, 1.54) is 11.9 Å². The molecule has 3 saturated heterocycles. The van der Waals surface area contributed by atoms with Gasteiger partial charge in [-0.3, -0.25) is 14.5 Å². The molecule has 0 aliphatic carbocycles. The Labute approximate surface area is 240 Å². The Kier molecular flexibility index (Phi) is 7.51. The molecule has 3 aromatic rings. The Hall–Kier alpha value is -4.15. The van der Waals surface area contributed by atoms with Crippen molar-refractivity contribution in [2.75, 3.05) is 48.6 Å². The molecule has 10 nitrogen and oxygen atoms in total. The molecule has 0 unspecified atom stereocenters. The molecule has 3 aliphatic heterocycles. The van der Waals surface area contributed by atoms with Crippen molar-refractivity contribution in [2.24, 2.45) is 5.73 Å². The van der Waals surface area contributed by atoms with Crippen LogP contribution in [0.5, 0.6) is 5.75 Å². The van der Waals surface area contributed by atoms with Crippen LogP contribution in [-0.2, 0) is 16.1 Å². The first kappa shape index (κ1) is 27.0. The number of carbonyl (C=O) groups excluding carboxylic acids is 1. The Morgan fingerprint density at radius 2 is 2.00 bits per heavy atom. The van der Waals surface area contributed by atoms with Gasteiger partial charge in [0.25, 0.3) is 0 Å². The van der Waals surface area contributed by atoms with Crippen LogP contribution in [0.3, 0.4) is 0 Å². The van der Waals surface area contributed by atoms with Crippen LogP contribution in [0.1, 0.15) is 30.9 Å². The molecule has 4 heterocycles. The van der Waals surface area contributed by atoms with Gasteiger partial charge in [0.15, 0.2) is 5.82 Å². The highest BCUT2D eigenvalue weighted by atomic mass is 16.7. The van der Waals surface area contributed by atoms with Gasteiger partial charge in [-0.2, -0.15) is 0 Å². The molecular weight excluding hydrogens is 518 g/mol. The smallest absolute Gasteiger partial charge is 0.248 e. The maximum atomic E-state index is 12.3. The number of primary amides is 1. The summed E-state index contributed by atoms with van der Waals surface area (Å²) in [6.45, 7) is 9.80. The summed E-state index contributed by atoms with van der Waals surface area (Å²) >= 11 is 0. The average Bonchev–Trinajstić information content (AvgIpc) is 3.73. The van der Waals surface area contributed by atoms with Crippen LogP contribution in [0.15, 0.2) is 61.4 Å². The molecule has 3 fully saturated rings. The van der Waals surface area contributed by atoms with Crippen LogP contribution >= 0.6 is 0 Å². The number of hydrogen-bond donors (Lipinski definition) is 2. The predicted molar refractivity (Wildman–Crippen MR) is 160 cm³/mol. The minimum absolute atomic E-state index is 0.166. The van der Waals surface area contributed by atoms with Gasteiger partial charge in [0.1, 0.15) is 17.9 Å². The highest BCUT2D eigenvalue weighted by Crippen LogP contribution is 2.43. The molecule has 6 rings (SSSR count). The Morgan fingerprint density at radius 1 is 1.17 bits per heavy atom. The number of nitrogens with one attached hydrogen (secondary N) is 1. The van der Waals surface area contributed by atoms with E-state index in [1.54, 1.807) is 7.11 Å². The second kappa shape index (κ2) is 11.4. The number of likely N-dealkylation sites (tertiary alicyclic amines) is 1. The lowest BCUT2D eigenvalue weighted by Gasteiger charge is -2.36. The fraction of sp³-hybridized carbons (Fsp3) is 0.387. The van der Waals surface area contributed by atoms with Gasteiger partial charge in [-0.15, -0.1) is 0 Å². The number of nitrogens with zero attached hydrogens (tertiary/aromatic N) is 5. The number of likely N-dealkylation sites (N-methyl/N-ethyl adjacent to an activating group) is 1. The topological polar surface area (TPSA) is 109 Å². The van der Waals surface area contributed by atoms with Crippen LogP contribution in [0.2, 0.25) is 0 Å². The number of hydrogen-bond acceptors (Lipinski definition) is 9. The fourth-order valence-corrected chi connectivity index (χ4v) is 6.39. The van der Waals surface area contributed by atoms with Crippen molar-refractivity contribution in [3.8, 4) is 5.75 Å². The number of benzene rings is 2. The number of nitrogens with two attached hydrogens (primary N) is 1. The normalized spacial score (nSPS) is 21.9. The number of amides is 1. The second-order valence-electron chi connectivity index (χ2n) is 10.9. The summed E-state index contributed by atoms with van der Waals surface area (Å²) in [6, 6.07) is 17.1. The van der Waals surface area contributed by atoms with Crippen molar-refractivity contribution in [1.29, 1.82) is 0 Å². The SMILES string of the molecule is C=C(C(N)=O)c1cc(Nc2cc(N3OCC[C@@H]3Cc3ccccc3)ncn2)c(OC)cc1N1C[C@@H]2C[C@H]1CN2CC. The van der Waals surface area contributed by atoms with Crippen molar-refractivity contribution >= 4 is 34.5 Å². The fourth-order valence-electron chi connectivity index (χ4n) is 6.39. The van der Waals surface area contributed by atoms with E-state index >= 15 is 0 Å². The van der Waals surface area contributed by atoms with Crippen molar-refractivity contribution in [2.45, 2.75) is 44.3 Å². The number of anilines is 4. The first-order valence-corrected chi connectivity index (χ1v) is 14.2. The first-order chi connectivity index (χ1) is 19.9. The number of fused-ring (bicyclic) bond motifs is 2. The minimum atomic E-state index is -0.554. The lowest BCUT2D eigenvalue weighted by molar-refractivity contribution is -0.112. The minimum Gasteiger partial charge on any atom is -0.494 e. The Morgan fingerprint density at radius 3 is 2.71 bits per heavy atom. The number of piperazine rings is 1. The molecule has 2 bridgehead atoms. The van der Waals surface area contributed by atoms with Crippen LogP contribution in [-0.4, -0.2) is 72.3 Å². The molecule has 41 heavy (non-hydrogen) atoms. The number of hydroxylamine groups is 1. The van der Waals surface area contributed by atoms with Gasteiger partial charge in [-0.25, -0.2) is 15.0 Å². The van der Waals surface area contributed by atoms with Crippen molar-refractivity contribution in [1.82, 2.24) is 14.9 Å². The zero-order valence-corrected chi connectivity index (χ0v) is 23.6. The van der Waals surface area contributed by atoms with Gasteiger partial charge >= 0.3 is 0 Å². The third-order valence-electron chi connectivity index (χ3n) is 8.48. The molecule has 3 atom stereocenters. The molecule has 0 radical (unpaired) electrons. The van der Waals surface area contributed by atoms with Gasteiger partial charge in [0, 0.05) is 54.1 Å². The van der Waals surface area contributed by atoms with Gasteiger partial charge in [-0.1, -0.05) is 43.8 Å². The molecule has 2 aromatic carbocycles. The number of aromatic nitrogens is 2. The van der Waals surface area contributed by atoms with Crippen LogP contribution in [0, 0.1) is 0 Å². The van der Waals surface area contributed by atoms with Crippen molar-refractivity contribution < 1.29 is 14.4 Å². The van der Waals surface area contributed by atoms with E-state index in [0.717, 1.165) is 44.6 Å². The first-order valence-electron chi connectivity index (χ1n) is 14.2. The summed E-state index contributed by atoms with van der Waals surface area (Å²) in [7, 11) is 1.64. The van der Waals surface area contributed by atoms with E-state index in [2.05, 4.69) is 62.9 Å². The molecule has 1 amide bonds. The molecule has 10 heteroatoms. The molecule has 0 spiro atoms. The van der Waals surface area contributed by atoms with Crippen LogP contribution < -0.4 is 25.8 Å². The Bertz CT molecular complexity index is 1430. The third-order valence-corrected chi connectivity index (χ3v) is 8.48. The molecule has 3 N–H and O–H groups in total. The van der Waals surface area contributed by atoms with Gasteiger partial charge in [-0.05, 0) is 37.4 Å². The van der Waals surface area contributed by atoms with E-state index in [-0.39, 0.29) is 11.6 Å². The second-order valence-corrected chi connectivity index (χ2v) is 10.9. The summed E-state index contributed by atoms with van der Waals surface area (Å²) in [5.74, 6) is 1.33. The molecule has 0 saturated carbocycles. The molecule has 214 valence electrons. The standard InChI is InChI=1S/C31H37N7O3/c1-4-36-17-24-13-23(36)18-37(24)27-15-28(40-3)26(14-25(27)20(2)31(32)39)35-29-16-30(34-19-33-29)38-22(10-11-41-38)12-21-8-6-5-7-9-21/h5-9,14-16,19,22-24H,2,4,10-13,17-18H2,1,3H3,(H2,32,39)(H,33,34,35)/t22-,23+,24+/m1/s1. The summed E-state index contributed by atoms with van der Waals surface area (Å²) in [6.07, 6.45) is 4.38. The van der Waals surface area contributed by atoms with E-state index < -0.39 is 5.91 Å². The zero-order valence-electron chi connectivity index (χ0n) is 23.6. The summed E-state index contributed by atoms with van der Waals surface area (Å²) < 4.78 is 5.82. The van der Waals surface area contributed by atoms with Crippen LogP contribution in [0.25, 0.3) is 5.57 Å². The highest BCUT2D eigenvalue weighted by molar-refractivity contribution is 6.19. The third kappa shape index (κ3) is 5.32. The van der Waals surface area contributed by atoms with E-state index in [1.807, 2.05) is 29.3 Å². The van der Waals surface area contributed by atoms with E-state index in [0.29, 0.717) is 47.3 Å². The largest absolute Gasteiger partial charge is 0.494 e. The maximum absolute atomic E-state index is 12.3. The zero-order chi connectivity index (χ0) is 28.5. The number of carbonyl (C=O) groups is 1. The van der Waals surface area contributed by atoms with Crippen LogP contribution in [0.4, 0.5) is 23.0 Å². The summed E-state index contributed by atoms with van der Waals surface area (Å²) in [5.41, 5.74) is 9.50.